The third kappa shape index (κ3) is 1.19. The van der Waals surface area contributed by atoms with Crippen molar-refractivity contribution in [2.24, 2.45) is 0 Å². The summed E-state index contributed by atoms with van der Waals surface area (Å²) >= 11 is 0. The van der Waals surface area contributed by atoms with E-state index in [0.29, 0.717) is 13.1 Å². The van der Waals surface area contributed by atoms with E-state index in [2.05, 4.69) is 5.32 Å². The van der Waals surface area contributed by atoms with Crippen LogP contribution in [0, 0.1) is 0 Å². The lowest BCUT2D eigenvalue weighted by atomic mass is 10.2. The third-order valence-corrected chi connectivity index (χ3v) is 2.73. The van der Waals surface area contributed by atoms with E-state index < -0.39 is 0 Å². The summed E-state index contributed by atoms with van der Waals surface area (Å²) in [7, 11) is 0. The van der Waals surface area contributed by atoms with E-state index in [4.69, 9.17) is 0 Å². The molecule has 0 aromatic heterocycles. The highest BCUT2D eigenvalue weighted by Crippen LogP contribution is 2.20. The molecular weight excluding hydrogens is 182 g/mol. The van der Waals surface area contributed by atoms with Crippen molar-refractivity contribution in [3.05, 3.63) is 0 Å². The molecule has 0 radical (unpaired) electrons. The van der Waals surface area contributed by atoms with Gasteiger partial charge in [-0.05, 0) is 13.8 Å². The van der Waals surface area contributed by atoms with E-state index >= 15 is 0 Å². The topological polar surface area (TPSA) is 52.7 Å². The van der Waals surface area contributed by atoms with E-state index in [1.165, 1.54) is 4.90 Å². The van der Waals surface area contributed by atoms with Gasteiger partial charge in [0.2, 0.25) is 0 Å². The van der Waals surface area contributed by atoms with Crippen LogP contribution in [-0.4, -0.2) is 53.5 Å². The molecule has 0 aromatic carbocycles. The van der Waals surface area contributed by atoms with Crippen LogP contribution in [-0.2, 0) is 4.79 Å². The molecule has 0 bridgehead atoms. The SMILES string of the molecule is CC(C)N1C(=O)[C@H]2CNCCN2C1=O. The van der Waals surface area contributed by atoms with Crippen LogP contribution < -0.4 is 5.32 Å². The van der Waals surface area contributed by atoms with E-state index in [-0.39, 0.29) is 24.0 Å². The van der Waals surface area contributed by atoms with Crippen molar-refractivity contribution in [1.29, 1.82) is 0 Å². The van der Waals surface area contributed by atoms with Gasteiger partial charge in [0.1, 0.15) is 6.04 Å². The number of carbonyl (C=O) groups excluding carboxylic acids is 2. The third-order valence-electron chi connectivity index (χ3n) is 2.73. The maximum atomic E-state index is 11.8. The zero-order valence-electron chi connectivity index (χ0n) is 8.49. The maximum Gasteiger partial charge on any atom is 0.327 e. The Morgan fingerprint density at radius 1 is 1.43 bits per heavy atom. The van der Waals surface area contributed by atoms with Gasteiger partial charge in [0.05, 0.1) is 0 Å². The van der Waals surface area contributed by atoms with E-state index in [0.717, 1.165) is 6.54 Å². The van der Waals surface area contributed by atoms with Crippen LogP contribution in [0.3, 0.4) is 0 Å². The molecule has 0 spiro atoms. The fraction of sp³-hybridized carbons (Fsp3) is 0.778. The summed E-state index contributed by atoms with van der Waals surface area (Å²) in [6, 6.07) is -0.434. The first-order valence-electron chi connectivity index (χ1n) is 4.97. The summed E-state index contributed by atoms with van der Waals surface area (Å²) in [5.41, 5.74) is 0. The van der Waals surface area contributed by atoms with Gasteiger partial charge < -0.3 is 10.2 Å². The molecular formula is C9H15N3O2. The number of hydrogen-bond donors (Lipinski definition) is 1. The van der Waals surface area contributed by atoms with Gasteiger partial charge in [0.15, 0.2) is 0 Å². The molecule has 5 nitrogen and oxygen atoms in total. The monoisotopic (exact) mass is 197 g/mol. The second-order valence-electron chi connectivity index (χ2n) is 4.00. The Morgan fingerprint density at radius 2 is 2.14 bits per heavy atom. The molecule has 0 aromatic rings. The molecule has 0 aliphatic carbocycles. The minimum absolute atomic E-state index is 0.0411. The van der Waals surface area contributed by atoms with Gasteiger partial charge in [-0.25, -0.2) is 4.79 Å². The van der Waals surface area contributed by atoms with Gasteiger partial charge in [-0.3, -0.25) is 9.69 Å². The molecule has 2 rings (SSSR count). The van der Waals surface area contributed by atoms with Crippen molar-refractivity contribution in [2.45, 2.75) is 25.9 Å². The number of nitrogens with one attached hydrogen (secondary N) is 1. The number of imide groups is 1. The number of amides is 3. The van der Waals surface area contributed by atoms with Crippen LogP contribution >= 0.6 is 0 Å². The lowest BCUT2D eigenvalue weighted by Crippen LogP contribution is -2.51. The highest BCUT2D eigenvalue weighted by molar-refractivity contribution is 6.04. The number of hydrogen-bond acceptors (Lipinski definition) is 3. The summed E-state index contributed by atoms with van der Waals surface area (Å²) in [6.45, 7) is 5.73. The van der Waals surface area contributed by atoms with Crippen molar-refractivity contribution in [2.75, 3.05) is 19.6 Å². The van der Waals surface area contributed by atoms with Gasteiger partial charge in [-0.2, -0.15) is 0 Å². The first kappa shape index (κ1) is 9.45. The first-order valence-corrected chi connectivity index (χ1v) is 4.97. The van der Waals surface area contributed by atoms with Crippen LogP contribution in [0.1, 0.15) is 13.8 Å². The van der Waals surface area contributed by atoms with Crippen LogP contribution in [0.15, 0.2) is 0 Å². The second-order valence-corrected chi connectivity index (χ2v) is 4.00. The smallest absolute Gasteiger partial charge is 0.312 e. The van der Waals surface area contributed by atoms with Crippen molar-refractivity contribution in [3.8, 4) is 0 Å². The molecule has 0 unspecified atom stereocenters. The van der Waals surface area contributed by atoms with Crippen LogP contribution in [0.5, 0.6) is 0 Å². The van der Waals surface area contributed by atoms with E-state index in [1.807, 2.05) is 13.8 Å². The largest absolute Gasteiger partial charge is 0.327 e. The van der Waals surface area contributed by atoms with Crippen molar-refractivity contribution in [1.82, 2.24) is 15.1 Å². The Labute approximate surface area is 83.0 Å². The fourth-order valence-corrected chi connectivity index (χ4v) is 2.02. The fourth-order valence-electron chi connectivity index (χ4n) is 2.02. The number of nitrogens with zero attached hydrogens (tertiary/aromatic N) is 2. The zero-order chi connectivity index (χ0) is 10.3. The lowest BCUT2D eigenvalue weighted by molar-refractivity contribution is -0.129. The Balaban J connectivity index is 2.24. The molecule has 1 N–H and O–H groups in total. The van der Waals surface area contributed by atoms with Crippen LogP contribution in [0.2, 0.25) is 0 Å². The number of rotatable bonds is 1. The molecule has 2 saturated heterocycles. The predicted octanol–water partition coefficient (Wildman–Crippen LogP) is -0.369. The second kappa shape index (κ2) is 3.24. The van der Waals surface area contributed by atoms with Gasteiger partial charge in [-0.15, -0.1) is 0 Å². The van der Waals surface area contributed by atoms with Crippen molar-refractivity contribution >= 4 is 11.9 Å². The highest BCUT2D eigenvalue weighted by atomic mass is 16.2. The van der Waals surface area contributed by atoms with Gasteiger partial charge in [0, 0.05) is 25.7 Å². The van der Waals surface area contributed by atoms with Crippen LogP contribution in [0.4, 0.5) is 4.79 Å². The summed E-state index contributed by atoms with van der Waals surface area (Å²) < 4.78 is 0. The molecule has 5 heteroatoms. The van der Waals surface area contributed by atoms with E-state index in [9.17, 15) is 9.59 Å². The number of carbonyl (C=O) groups is 2. The van der Waals surface area contributed by atoms with Crippen molar-refractivity contribution in [3.63, 3.8) is 0 Å². The molecule has 1 atom stereocenters. The summed E-state index contributed by atoms with van der Waals surface area (Å²) in [6.07, 6.45) is 0. The number of urea groups is 1. The lowest BCUT2D eigenvalue weighted by Gasteiger charge is -2.27. The Kier molecular flexibility index (Phi) is 2.19. The highest BCUT2D eigenvalue weighted by Gasteiger charge is 2.46. The maximum absolute atomic E-state index is 11.8. The number of piperazine rings is 1. The molecule has 2 fully saturated rings. The molecule has 2 heterocycles. The minimum atomic E-state index is -0.265. The van der Waals surface area contributed by atoms with Gasteiger partial charge >= 0.3 is 6.03 Å². The average Bonchev–Trinajstić information content (AvgIpc) is 2.41. The molecule has 3 amide bonds. The Hall–Kier alpha value is -1.10. The normalized spacial score (nSPS) is 27.5. The first-order chi connectivity index (χ1) is 6.63. The van der Waals surface area contributed by atoms with Gasteiger partial charge in [-0.1, -0.05) is 0 Å². The molecule has 78 valence electrons. The molecule has 2 aliphatic heterocycles. The minimum Gasteiger partial charge on any atom is -0.312 e. The average molecular weight is 197 g/mol. The molecule has 0 saturated carbocycles. The quantitative estimate of drug-likeness (QED) is 0.584. The molecule has 14 heavy (non-hydrogen) atoms. The van der Waals surface area contributed by atoms with Gasteiger partial charge in [0.25, 0.3) is 5.91 Å². The summed E-state index contributed by atoms with van der Waals surface area (Å²) in [5, 5.41) is 3.13. The predicted molar refractivity (Wildman–Crippen MR) is 50.7 cm³/mol. The number of fused-ring (bicyclic) bond motifs is 1. The van der Waals surface area contributed by atoms with Crippen LogP contribution in [0.25, 0.3) is 0 Å². The summed E-state index contributed by atoms with van der Waals surface area (Å²) in [4.78, 5) is 26.6. The van der Waals surface area contributed by atoms with Crippen molar-refractivity contribution < 1.29 is 9.59 Å². The Bertz CT molecular complexity index is 253. The van der Waals surface area contributed by atoms with E-state index in [1.54, 1.807) is 4.90 Å². The zero-order valence-corrected chi connectivity index (χ0v) is 8.49. The Morgan fingerprint density at radius 3 is 2.71 bits per heavy atom. The molecule has 2 aliphatic rings. The summed E-state index contributed by atoms with van der Waals surface area (Å²) in [5.74, 6) is -0.0581. The standard InChI is InChI=1S/C9H15N3O2/c1-6(2)12-8(13)7-5-10-3-4-11(7)9(12)14/h6-7,10H,3-5H2,1-2H3/t7-/m1/s1.